The molecule has 2 aromatic heterocycles. The molecule has 140 valence electrons. The molecule has 0 atom stereocenters. The van der Waals surface area contributed by atoms with E-state index in [1.165, 1.54) is 0 Å². The summed E-state index contributed by atoms with van der Waals surface area (Å²) >= 11 is 6.04. The zero-order valence-electron chi connectivity index (χ0n) is 14.2. The maximum absolute atomic E-state index is 12.8. The summed E-state index contributed by atoms with van der Waals surface area (Å²) in [6, 6.07) is 2.46. The summed E-state index contributed by atoms with van der Waals surface area (Å²) in [6.07, 6.45) is -3.77. The lowest BCUT2D eigenvalue weighted by molar-refractivity contribution is -0.137. The number of carbonyl (C=O) groups is 1. The van der Waals surface area contributed by atoms with Crippen molar-refractivity contribution in [1.29, 1.82) is 0 Å². The molecule has 0 saturated carbocycles. The smallest absolute Gasteiger partial charge is 0.378 e. The summed E-state index contributed by atoms with van der Waals surface area (Å²) in [5.74, 6) is -0.143. The Labute approximate surface area is 153 Å². The van der Waals surface area contributed by atoms with Crippen LogP contribution in [0, 0.1) is 6.92 Å². The minimum atomic E-state index is -4.52. The van der Waals surface area contributed by atoms with Gasteiger partial charge >= 0.3 is 6.18 Å². The molecule has 0 unspecified atom stereocenters. The van der Waals surface area contributed by atoms with E-state index in [9.17, 15) is 18.0 Å². The second-order valence-electron chi connectivity index (χ2n) is 6.04. The van der Waals surface area contributed by atoms with E-state index in [4.69, 9.17) is 16.3 Å². The van der Waals surface area contributed by atoms with Crippen LogP contribution in [-0.4, -0.2) is 46.7 Å². The number of carbonyl (C=O) groups excluding carboxylic acids is 1. The van der Waals surface area contributed by atoms with Crippen LogP contribution in [0.15, 0.2) is 18.3 Å². The van der Waals surface area contributed by atoms with Gasteiger partial charge in [0.05, 0.1) is 35.1 Å². The molecule has 1 aliphatic rings. The average molecular weight is 388 g/mol. The zero-order chi connectivity index (χ0) is 19.1. The van der Waals surface area contributed by atoms with E-state index in [0.29, 0.717) is 43.3 Å². The Morgan fingerprint density at radius 1 is 1.27 bits per heavy atom. The molecule has 9 heteroatoms. The number of aromatic nitrogens is 2. The molecule has 0 spiro atoms. The first-order chi connectivity index (χ1) is 12.2. The molecule has 0 N–H and O–H groups in total. The third-order valence-electron chi connectivity index (χ3n) is 4.48. The van der Waals surface area contributed by atoms with Crippen LogP contribution in [0.4, 0.5) is 13.2 Å². The Hall–Kier alpha value is -2.06. The molecule has 5 nitrogen and oxygen atoms in total. The van der Waals surface area contributed by atoms with Gasteiger partial charge in [0.25, 0.3) is 5.91 Å². The van der Waals surface area contributed by atoms with Crippen LogP contribution in [0.1, 0.15) is 21.6 Å². The van der Waals surface area contributed by atoms with Crippen LogP contribution in [0.2, 0.25) is 5.02 Å². The molecule has 1 amide bonds. The average Bonchev–Trinajstić information content (AvgIpc) is 2.90. The van der Waals surface area contributed by atoms with Crippen LogP contribution in [0.5, 0.6) is 0 Å². The third kappa shape index (κ3) is 3.43. The monoisotopic (exact) mass is 387 g/mol. The van der Waals surface area contributed by atoms with Crippen molar-refractivity contribution < 1.29 is 22.7 Å². The highest BCUT2D eigenvalue weighted by Crippen LogP contribution is 2.35. The van der Waals surface area contributed by atoms with E-state index in [2.05, 4.69) is 4.98 Å². The van der Waals surface area contributed by atoms with Gasteiger partial charge in [-0.25, -0.2) is 0 Å². The molecule has 26 heavy (non-hydrogen) atoms. The summed E-state index contributed by atoms with van der Waals surface area (Å²) in [6.45, 7) is 3.74. The molecule has 1 aliphatic heterocycles. The number of amides is 1. The van der Waals surface area contributed by atoms with Crippen LogP contribution in [0.3, 0.4) is 0 Å². The van der Waals surface area contributed by atoms with Gasteiger partial charge in [0.15, 0.2) is 0 Å². The van der Waals surface area contributed by atoms with Crippen molar-refractivity contribution in [3.05, 3.63) is 40.2 Å². The lowest BCUT2D eigenvalue weighted by atomic mass is 10.1. The van der Waals surface area contributed by atoms with Crippen LogP contribution in [0.25, 0.3) is 11.4 Å². The highest BCUT2D eigenvalue weighted by atomic mass is 35.5. The third-order valence-corrected chi connectivity index (χ3v) is 4.76. The number of nitrogens with zero attached hydrogens (tertiary/aromatic N) is 3. The largest absolute Gasteiger partial charge is 0.417 e. The van der Waals surface area contributed by atoms with Gasteiger partial charge in [-0.15, -0.1) is 0 Å². The minimum absolute atomic E-state index is 0.120. The van der Waals surface area contributed by atoms with Crippen LogP contribution >= 0.6 is 11.6 Å². The maximum atomic E-state index is 12.8. The van der Waals surface area contributed by atoms with Gasteiger partial charge in [-0.05, 0) is 19.1 Å². The van der Waals surface area contributed by atoms with Crippen molar-refractivity contribution in [2.45, 2.75) is 13.1 Å². The number of morpholine rings is 1. The van der Waals surface area contributed by atoms with Gasteiger partial charge in [-0.3, -0.25) is 9.78 Å². The number of hydrogen-bond acceptors (Lipinski definition) is 3. The summed E-state index contributed by atoms with van der Waals surface area (Å²) < 4.78 is 45.3. The zero-order valence-corrected chi connectivity index (χ0v) is 15.0. The van der Waals surface area contributed by atoms with Gasteiger partial charge in [0, 0.05) is 32.0 Å². The first-order valence-corrected chi connectivity index (χ1v) is 8.34. The molecule has 3 rings (SSSR count). The molecule has 1 fully saturated rings. The number of ether oxygens (including phenoxy) is 1. The van der Waals surface area contributed by atoms with Crippen molar-refractivity contribution in [2.24, 2.45) is 7.05 Å². The Bertz CT molecular complexity index is 843. The number of halogens is 4. The van der Waals surface area contributed by atoms with Crippen molar-refractivity contribution in [2.75, 3.05) is 26.3 Å². The fraction of sp³-hybridized carbons (Fsp3) is 0.412. The van der Waals surface area contributed by atoms with Crippen molar-refractivity contribution >= 4 is 17.5 Å². The maximum Gasteiger partial charge on any atom is 0.417 e. The van der Waals surface area contributed by atoms with Crippen molar-refractivity contribution in [1.82, 2.24) is 14.5 Å². The Morgan fingerprint density at radius 2 is 1.92 bits per heavy atom. The van der Waals surface area contributed by atoms with E-state index in [1.807, 2.05) is 0 Å². The molecule has 0 aliphatic carbocycles. The SMILES string of the molecule is Cc1c(C(=O)N2CCOCC2)cc(-c2ncc(C(F)(F)F)cc2Cl)n1C. The van der Waals surface area contributed by atoms with Crippen LogP contribution in [-0.2, 0) is 18.0 Å². The second kappa shape index (κ2) is 6.92. The van der Waals surface area contributed by atoms with E-state index in [-0.39, 0.29) is 16.6 Å². The number of pyridine rings is 1. The fourth-order valence-corrected chi connectivity index (χ4v) is 3.12. The van der Waals surface area contributed by atoms with Gasteiger partial charge < -0.3 is 14.2 Å². The quantitative estimate of drug-likeness (QED) is 0.792. The molecular formula is C17H17ClF3N3O2. The molecular weight excluding hydrogens is 371 g/mol. The highest BCUT2D eigenvalue weighted by Gasteiger charge is 2.32. The van der Waals surface area contributed by atoms with Crippen molar-refractivity contribution in [3.8, 4) is 11.4 Å². The van der Waals surface area contributed by atoms with Gasteiger partial charge in [-0.2, -0.15) is 13.2 Å². The summed E-state index contributed by atoms with van der Waals surface area (Å²) in [4.78, 5) is 18.3. The number of hydrogen-bond donors (Lipinski definition) is 0. The van der Waals surface area contributed by atoms with Gasteiger partial charge in [0.1, 0.15) is 5.69 Å². The molecule has 0 bridgehead atoms. The Morgan fingerprint density at radius 3 is 2.50 bits per heavy atom. The second-order valence-corrected chi connectivity index (χ2v) is 6.45. The predicted octanol–water partition coefficient (Wildman–Crippen LogP) is 3.54. The molecule has 2 aromatic rings. The summed E-state index contributed by atoms with van der Waals surface area (Å²) in [7, 11) is 1.72. The van der Waals surface area contributed by atoms with Gasteiger partial charge in [-0.1, -0.05) is 11.6 Å². The lowest BCUT2D eigenvalue weighted by Crippen LogP contribution is -2.40. The Kier molecular flexibility index (Phi) is 4.98. The topological polar surface area (TPSA) is 47.4 Å². The molecule has 0 radical (unpaired) electrons. The van der Waals surface area contributed by atoms with E-state index in [0.717, 1.165) is 12.3 Å². The van der Waals surface area contributed by atoms with E-state index >= 15 is 0 Å². The summed E-state index contributed by atoms with van der Waals surface area (Å²) in [5, 5.41) is -0.120. The number of alkyl halides is 3. The van der Waals surface area contributed by atoms with E-state index < -0.39 is 11.7 Å². The number of rotatable bonds is 2. The fourth-order valence-electron chi connectivity index (χ4n) is 2.86. The molecule has 0 aromatic carbocycles. The summed E-state index contributed by atoms with van der Waals surface area (Å²) in [5.41, 5.74) is 0.933. The van der Waals surface area contributed by atoms with Crippen molar-refractivity contribution in [3.63, 3.8) is 0 Å². The first-order valence-electron chi connectivity index (χ1n) is 7.96. The lowest BCUT2D eigenvalue weighted by Gasteiger charge is -2.26. The molecule has 3 heterocycles. The standard InChI is InChI=1S/C17H17ClF3N3O2/c1-10-12(16(25)24-3-5-26-6-4-24)8-14(23(10)2)15-13(18)7-11(9-22-15)17(19,20)21/h7-9H,3-6H2,1-2H3. The minimum Gasteiger partial charge on any atom is -0.378 e. The predicted molar refractivity (Wildman–Crippen MR) is 90.1 cm³/mol. The normalized spacial score (nSPS) is 15.4. The van der Waals surface area contributed by atoms with E-state index in [1.54, 1.807) is 29.5 Å². The molecule has 1 saturated heterocycles. The van der Waals surface area contributed by atoms with Gasteiger partial charge in [0.2, 0.25) is 0 Å². The first kappa shape index (κ1) is 18.7. The van der Waals surface area contributed by atoms with Crippen LogP contribution < -0.4 is 0 Å². The Balaban J connectivity index is 1.98. The highest BCUT2D eigenvalue weighted by molar-refractivity contribution is 6.33.